The molecule has 1 amide bonds. The third-order valence-corrected chi connectivity index (χ3v) is 2.39. The summed E-state index contributed by atoms with van der Waals surface area (Å²) in [6.07, 6.45) is 0.0283. The zero-order valence-electron chi connectivity index (χ0n) is 9.91. The predicted octanol–water partition coefficient (Wildman–Crippen LogP) is 1.49. The average molecular weight is 222 g/mol. The number of ether oxygens (including phenoxy) is 1. The molecule has 2 N–H and O–H groups in total. The minimum absolute atomic E-state index is 0.0283. The summed E-state index contributed by atoms with van der Waals surface area (Å²) in [5.41, 5.74) is 1.64. The Bertz CT molecular complexity index is 335. The Morgan fingerprint density at radius 1 is 1.38 bits per heavy atom. The van der Waals surface area contributed by atoms with Crippen LogP contribution in [0.5, 0.6) is 0 Å². The van der Waals surface area contributed by atoms with E-state index < -0.39 is 0 Å². The molecule has 0 bridgehead atoms. The molecule has 1 rings (SSSR count). The zero-order valence-corrected chi connectivity index (χ0v) is 9.91. The third-order valence-electron chi connectivity index (χ3n) is 2.39. The molecule has 0 aliphatic carbocycles. The largest absolute Gasteiger partial charge is 0.388 e. The van der Waals surface area contributed by atoms with Crippen LogP contribution >= 0.6 is 0 Å². The minimum Gasteiger partial charge on any atom is -0.388 e. The molecule has 1 aromatic carbocycles. The number of amides is 1. The van der Waals surface area contributed by atoms with E-state index in [9.17, 15) is 4.79 Å². The number of benzene rings is 1. The van der Waals surface area contributed by atoms with Crippen molar-refractivity contribution in [2.75, 3.05) is 26.0 Å². The molecule has 88 valence electrons. The fourth-order valence-electron chi connectivity index (χ4n) is 1.21. The van der Waals surface area contributed by atoms with Crippen LogP contribution in [0.1, 0.15) is 17.3 Å². The Labute approximate surface area is 96.0 Å². The van der Waals surface area contributed by atoms with Crippen LogP contribution in [0.25, 0.3) is 0 Å². The summed E-state index contributed by atoms with van der Waals surface area (Å²) in [5.74, 6) is -0.0773. The first-order valence-electron chi connectivity index (χ1n) is 5.26. The number of hydrogen-bond donors (Lipinski definition) is 2. The standard InChI is InChI=1S/C12H18N2O2/c1-9(16-3)8-14-12(15)10-4-6-11(13-2)7-5-10/h4-7,9,13H,8H2,1-3H3,(H,14,15). The highest BCUT2D eigenvalue weighted by Gasteiger charge is 2.06. The molecule has 1 atom stereocenters. The van der Waals surface area contributed by atoms with Crippen LogP contribution in [0.15, 0.2) is 24.3 Å². The van der Waals surface area contributed by atoms with Crippen molar-refractivity contribution < 1.29 is 9.53 Å². The van der Waals surface area contributed by atoms with Crippen molar-refractivity contribution in [3.8, 4) is 0 Å². The number of anilines is 1. The van der Waals surface area contributed by atoms with Gasteiger partial charge in [0.15, 0.2) is 0 Å². The van der Waals surface area contributed by atoms with Crippen molar-refractivity contribution in [3.05, 3.63) is 29.8 Å². The molecule has 0 aliphatic heterocycles. The maximum Gasteiger partial charge on any atom is 0.251 e. The van der Waals surface area contributed by atoms with Gasteiger partial charge in [0.05, 0.1) is 6.10 Å². The highest BCUT2D eigenvalue weighted by molar-refractivity contribution is 5.94. The van der Waals surface area contributed by atoms with Gasteiger partial charge in [0.2, 0.25) is 0 Å². The van der Waals surface area contributed by atoms with Crippen LogP contribution < -0.4 is 10.6 Å². The second-order valence-corrected chi connectivity index (χ2v) is 3.58. The molecule has 0 fully saturated rings. The summed E-state index contributed by atoms with van der Waals surface area (Å²) >= 11 is 0. The molecule has 0 saturated heterocycles. The zero-order chi connectivity index (χ0) is 12.0. The van der Waals surface area contributed by atoms with E-state index in [1.807, 2.05) is 26.1 Å². The number of carbonyl (C=O) groups excluding carboxylic acids is 1. The van der Waals surface area contributed by atoms with Crippen LogP contribution in [0, 0.1) is 0 Å². The number of rotatable bonds is 5. The molecule has 0 aliphatic rings. The van der Waals surface area contributed by atoms with Gasteiger partial charge in [-0.25, -0.2) is 0 Å². The Balaban J connectivity index is 2.52. The number of nitrogens with one attached hydrogen (secondary N) is 2. The number of hydrogen-bond acceptors (Lipinski definition) is 3. The molecule has 1 aromatic rings. The monoisotopic (exact) mass is 222 g/mol. The first-order valence-corrected chi connectivity index (χ1v) is 5.26. The van der Waals surface area contributed by atoms with E-state index in [1.54, 1.807) is 19.2 Å². The first kappa shape index (κ1) is 12.5. The Hall–Kier alpha value is -1.55. The summed E-state index contributed by atoms with van der Waals surface area (Å²) in [6.45, 7) is 2.42. The van der Waals surface area contributed by atoms with Crippen LogP contribution in [0.2, 0.25) is 0 Å². The smallest absolute Gasteiger partial charge is 0.251 e. The van der Waals surface area contributed by atoms with Crippen LogP contribution in [-0.2, 0) is 4.74 Å². The molecule has 4 nitrogen and oxygen atoms in total. The van der Waals surface area contributed by atoms with Gasteiger partial charge < -0.3 is 15.4 Å². The molecule has 0 spiro atoms. The lowest BCUT2D eigenvalue weighted by molar-refractivity contribution is 0.0870. The molecule has 0 heterocycles. The maximum atomic E-state index is 11.7. The van der Waals surface area contributed by atoms with Crippen molar-refractivity contribution in [2.24, 2.45) is 0 Å². The van der Waals surface area contributed by atoms with Crippen molar-refractivity contribution >= 4 is 11.6 Å². The summed E-state index contributed by atoms with van der Waals surface area (Å²) < 4.78 is 5.05. The van der Waals surface area contributed by atoms with Gasteiger partial charge in [-0.3, -0.25) is 4.79 Å². The lowest BCUT2D eigenvalue weighted by Crippen LogP contribution is -2.31. The maximum absolute atomic E-state index is 11.7. The van der Waals surface area contributed by atoms with Gasteiger partial charge in [-0.15, -0.1) is 0 Å². The van der Waals surface area contributed by atoms with Gasteiger partial charge in [-0.1, -0.05) is 0 Å². The lowest BCUT2D eigenvalue weighted by Gasteiger charge is -2.10. The normalized spacial score (nSPS) is 11.9. The van der Waals surface area contributed by atoms with Crippen molar-refractivity contribution in [1.82, 2.24) is 5.32 Å². The summed E-state index contributed by atoms with van der Waals surface area (Å²) in [4.78, 5) is 11.7. The van der Waals surface area contributed by atoms with Gasteiger partial charge in [0, 0.05) is 32.0 Å². The molecule has 0 radical (unpaired) electrons. The van der Waals surface area contributed by atoms with Gasteiger partial charge >= 0.3 is 0 Å². The van der Waals surface area contributed by atoms with Crippen LogP contribution in [-0.4, -0.2) is 32.7 Å². The van der Waals surface area contributed by atoms with Crippen molar-refractivity contribution in [3.63, 3.8) is 0 Å². The van der Waals surface area contributed by atoms with E-state index in [1.165, 1.54) is 0 Å². The lowest BCUT2D eigenvalue weighted by atomic mass is 10.2. The first-order chi connectivity index (χ1) is 7.67. The average Bonchev–Trinajstić information content (AvgIpc) is 2.35. The van der Waals surface area contributed by atoms with Gasteiger partial charge in [0.1, 0.15) is 0 Å². The summed E-state index contributed by atoms with van der Waals surface area (Å²) in [6, 6.07) is 7.32. The number of methoxy groups -OCH3 is 1. The highest BCUT2D eigenvalue weighted by Crippen LogP contribution is 2.08. The minimum atomic E-state index is -0.0773. The van der Waals surface area contributed by atoms with Gasteiger partial charge in [-0.05, 0) is 31.2 Å². The Kier molecular flexibility index (Phi) is 4.79. The summed E-state index contributed by atoms with van der Waals surface area (Å²) in [5, 5.41) is 5.80. The van der Waals surface area contributed by atoms with Crippen molar-refractivity contribution in [1.29, 1.82) is 0 Å². The fraction of sp³-hybridized carbons (Fsp3) is 0.417. The molecule has 16 heavy (non-hydrogen) atoms. The predicted molar refractivity (Wildman–Crippen MR) is 64.8 cm³/mol. The topological polar surface area (TPSA) is 50.4 Å². The third kappa shape index (κ3) is 3.55. The Morgan fingerprint density at radius 2 is 2.00 bits per heavy atom. The Morgan fingerprint density at radius 3 is 2.50 bits per heavy atom. The molecule has 0 aromatic heterocycles. The second kappa shape index (κ2) is 6.12. The van der Waals surface area contributed by atoms with E-state index in [-0.39, 0.29) is 12.0 Å². The number of carbonyl (C=O) groups is 1. The van der Waals surface area contributed by atoms with Gasteiger partial charge in [0.25, 0.3) is 5.91 Å². The summed E-state index contributed by atoms with van der Waals surface area (Å²) in [7, 11) is 3.47. The SMILES string of the molecule is CNc1ccc(C(=O)NCC(C)OC)cc1. The second-order valence-electron chi connectivity index (χ2n) is 3.58. The quantitative estimate of drug-likeness (QED) is 0.793. The van der Waals surface area contributed by atoms with E-state index in [0.717, 1.165) is 5.69 Å². The van der Waals surface area contributed by atoms with E-state index in [0.29, 0.717) is 12.1 Å². The fourth-order valence-corrected chi connectivity index (χ4v) is 1.21. The van der Waals surface area contributed by atoms with E-state index in [2.05, 4.69) is 10.6 Å². The van der Waals surface area contributed by atoms with Crippen LogP contribution in [0.4, 0.5) is 5.69 Å². The van der Waals surface area contributed by atoms with Crippen molar-refractivity contribution in [2.45, 2.75) is 13.0 Å². The van der Waals surface area contributed by atoms with E-state index in [4.69, 9.17) is 4.74 Å². The van der Waals surface area contributed by atoms with E-state index >= 15 is 0 Å². The van der Waals surface area contributed by atoms with Gasteiger partial charge in [-0.2, -0.15) is 0 Å². The van der Waals surface area contributed by atoms with Crippen LogP contribution in [0.3, 0.4) is 0 Å². The molecule has 1 unspecified atom stereocenters. The highest BCUT2D eigenvalue weighted by atomic mass is 16.5. The molecule has 4 heteroatoms. The molecular weight excluding hydrogens is 204 g/mol. The molecule has 0 saturated carbocycles. The molecular formula is C12H18N2O2.